The van der Waals surface area contributed by atoms with Gasteiger partial charge in [0, 0.05) is 19.4 Å². The molecule has 0 N–H and O–H groups in total. The summed E-state index contributed by atoms with van der Waals surface area (Å²) in [5, 5.41) is 0. The number of imide groups is 1. The molecule has 1 saturated heterocycles. The summed E-state index contributed by atoms with van der Waals surface area (Å²) in [5.41, 5.74) is -0.778. The Labute approximate surface area is 103 Å². The summed E-state index contributed by atoms with van der Waals surface area (Å²) in [7, 11) is 0. The molecule has 1 rings (SSSR count). The third-order valence-electron chi connectivity index (χ3n) is 2.34. The van der Waals surface area contributed by atoms with E-state index in [4.69, 9.17) is 4.74 Å². The van der Waals surface area contributed by atoms with Gasteiger partial charge in [-0.1, -0.05) is 0 Å². The lowest BCUT2D eigenvalue weighted by Crippen LogP contribution is -2.37. The second-order valence-corrected chi connectivity index (χ2v) is 5.37. The number of nitrogens with zero attached hydrogens (tertiary/aromatic N) is 1. The molecule has 2 amide bonds. The smallest absolute Gasteiger partial charge is 0.417 e. The molecule has 1 fully saturated rings. The van der Waals surface area contributed by atoms with Crippen molar-refractivity contribution in [1.29, 1.82) is 0 Å². The van der Waals surface area contributed by atoms with E-state index in [1.54, 1.807) is 20.8 Å². The topological polar surface area (TPSA) is 46.6 Å². The monoisotopic (exact) mass is 267 g/mol. The summed E-state index contributed by atoms with van der Waals surface area (Å²) >= 11 is 0. The molecule has 0 aromatic carbocycles. The molecule has 1 atom stereocenters. The highest BCUT2D eigenvalue weighted by Gasteiger charge is 2.41. The quantitative estimate of drug-likeness (QED) is 0.733. The molecule has 4 nitrogen and oxygen atoms in total. The third-order valence-corrected chi connectivity index (χ3v) is 2.34. The van der Waals surface area contributed by atoms with Crippen LogP contribution in [0.1, 0.15) is 33.6 Å². The summed E-state index contributed by atoms with van der Waals surface area (Å²) in [6, 6.07) is 0. The zero-order chi connectivity index (χ0) is 14.1. The van der Waals surface area contributed by atoms with Crippen LogP contribution in [-0.2, 0) is 9.53 Å². The van der Waals surface area contributed by atoms with E-state index in [1.807, 2.05) is 0 Å². The van der Waals surface area contributed by atoms with Gasteiger partial charge in [0.2, 0.25) is 5.91 Å². The molecule has 1 heterocycles. The first-order valence-electron chi connectivity index (χ1n) is 5.58. The van der Waals surface area contributed by atoms with Crippen molar-refractivity contribution >= 4 is 12.0 Å². The highest BCUT2D eigenvalue weighted by atomic mass is 19.4. The van der Waals surface area contributed by atoms with Crippen LogP contribution in [0.2, 0.25) is 0 Å². The van der Waals surface area contributed by atoms with Crippen molar-refractivity contribution in [3.05, 3.63) is 0 Å². The molecule has 0 aromatic rings. The first-order valence-corrected chi connectivity index (χ1v) is 5.58. The Balaban J connectivity index is 2.60. The maximum absolute atomic E-state index is 12.2. The number of carbonyl (C=O) groups excluding carboxylic acids is 2. The fraction of sp³-hybridized carbons (Fsp3) is 0.818. The number of halogens is 3. The number of ether oxygens (including phenoxy) is 1. The molecular weight excluding hydrogens is 251 g/mol. The molecule has 104 valence electrons. The Morgan fingerprint density at radius 1 is 1.39 bits per heavy atom. The Bertz CT molecular complexity index is 346. The Morgan fingerprint density at radius 2 is 1.94 bits per heavy atom. The number of carbonyl (C=O) groups is 2. The van der Waals surface area contributed by atoms with Crippen molar-refractivity contribution in [3.63, 3.8) is 0 Å². The minimum absolute atomic E-state index is 0.229. The first kappa shape index (κ1) is 14.8. The SMILES string of the molecule is CC(C)(C)OC(=O)N1C[C@H](CC(F)(F)F)CC1=O. The van der Waals surface area contributed by atoms with Crippen molar-refractivity contribution in [2.75, 3.05) is 6.54 Å². The lowest BCUT2D eigenvalue weighted by atomic mass is 10.1. The van der Waals surface area contributed by atoms with Crippen LogP contribution in [0.15, 0.2) is 0 Å². The zero-order valence-corrected chi connectivity index (χ0v) is 10.5. The van der Waals surface area contributed by atoms with Crippen LogP contribution < -0.4 is 0 Å². The molecule has 7 heteroatoms. The van der Waals surface area contributed by atoms with Crippen LogP contribution in [0, 0.1) is 5.92 Å². The van der Waals surface area contributed by atoms with Crippen LogP contribution >= 0.6 is 0 Å². The number of rotatable bonds is 1. The normalized spacial score (nSPS) is 21.3. The Kier molecular flexibility index (Phi) is 3.92. The van der Waals surface area contributed by atoms with Crippen molar-refractivity contribution in [2.24, 2.45) is 5.92 Å². The van der Waals surface area contributed by atoms with E-state index in [-0.39, 0.29) is 13.0 Å². The highest BCUT2D eigenvalue weighted by molar-refractivity contribution is 5.93. The van der Waals surface area contributed by atoms with E-state index < -0.39 is 36.1 Å². The molecule has 0 radical (unpaired) electrons. The predicted octanol–water partition coefficient (Wildman–Crippen LogP) is 2.72. The van der Waals surface area contributed by atoms with Gasteiger partial charge in [-0.15, -0.1) is 0 Å². The zero-order valence-electron chi connectivity index (χ0n) is 10.5. The average molecular weight is 267 g/mol. The second kappa shape index (κ2) is 4.78. The van der Waals surface area contributed by atoms with Crippen LogP contribution in [0.5, 0.6) is 0 Å². The van der Waals surface area contributed by atoms with E-state index >= 15 is 0 Å². The van der Waals surface area contributed by atoms with E-state index in [0.29, 0.717) is 0 Å². The third kappa shape index (κ3) is 4.54. The molecule has 0 aromatic heterocycles. The van der Waals surface area contributed by atoms with Gasteiger partial charge in [0.05, 0.1) is 0 Å². The maximum Gasteiger partial charge on any atom is 0.417 e. The number of alkyl halides is 3. The molecule has 0 spiro atoms. The van der Waals surface area contributed by atoms with Crippen molar-refractivity contribution in [1.82, 2.24) is 4.90 Å². The van der Waals surface area contributed by atoms with Gasteiger partial charge in [-0.3, -0.25) is 4.79 Å². The lowest BCUT2D eigenvalue weighted by Gasteiger charge is -2.23. The highest BCUT2D eigenvalue weighted by Crippen LogP contribution is 2.31. The first-order chi connectivity index (χ1) is 7.98. The van der Waals surface area contributed by atoms with Crippen LogP contribution in [0.25, 0.3) is 0 Å². The maximum atomic E-state index is 12.2. The van der Waals surface area contributed by atoms with Crippen molar-refractivity contribution in [3.8, 4) is 0 Å². The van der Waals surface area contributed by atoms with Crippen molar-refractivity contribution in [2.45, 2.75) is 45.4 Å². The van der Waals surface area contributed by atoms with E-state index in [0.717, 1.165) is 4.90 Å². The van der Waals surface area contributed by atoms with Crippen LogP contribution in [0.3, 0.4) is 0 Å². The van der Waals surface area contributed by atoms with Gasteiger partial charge in [-0.05, 0) is 26.7 Å². The summed E-state index contributed by atoms with van der Waals surface area (Å²) in [5.74, 6) is -1.48. The molecule has 1 aliphatic rings. The summed E-state index contributed by atoms with van der Waals surface area (Å²) in [6.07, 6.45) is -6.52. The molecule has 18 heavy (non-hydrogen) atoms. The van der Waals surface area contributed by atoms with Gasteiger partial charge < -0.3 is 4.74 Å². The fourth-order valence-corrected chi connectivity index (χ4v) is 1.74. The number of likely N-dealkylation sites (tertiary alicyclic amines) is 1. The largest absolute Gasteiger partial charge is 0.443 e. The minimum atomic E-state index is -4.32. The molecule has 0 bridgehead atoms. The average Bonchev–Trinajstić information content (AvgIpc) is 2.39. The Morgan fingerprint density at radius 3 is 2.39 bits per heavy atom. The number of hydrogen-bond acceptors (Lipinski definition) is 3. The van der Waals surface area contributed by atoms with Crippen LogP contribution in [0.4, 0.5) is 18.0 Å². The van der Waals surface area contributed by atoms with Gasteiger partial charge in [0.25, 0.3) is 0 Å². The number of hydrogen-bond donors (Lipinski definition) is 0. The lowest BCUT2D eigenvalue weighted by molar-refractivity contribution is -0.143. The van der Waals surface area contributed by atoms with Gasteiger partial charge in [0.1, 0.15) is 5.60 Å². The fourth-order valence-electron chi connectivity index (χ4n) is 1.74. The van der Waals surface area contributed by atoms with Gasteiger partial charge >= 0.3 is 12.3 Å². The summed E-state index contributed by atoms with van der Waals surface area (Å²) in [4.78, 5) is 23.8. The predicted molar refractivity (Wildman–Crippen MR) is 56.7 cm³/mol. The van der Waals surface area contributed by atoms with E-state index in [1.165, 1.54) is 0 Å². The van der Waals surface area contributed by atoms with E-state index in [9.17, 15) is 22.8 Å². The van der Waals surface area contributed by atoms with Crippen molar-refractivity contribution < 1.29 is 27.5 Å². The van der Waals surface area contributed by atoms with E-state index in [2.05, 4.69) is 0 Å². The molecule has 0 unspecified atom stereocenters. The summed E-state index contributed by atoms with van der Waals surface area (Å²) in [6.45, 7) is 4.64. The number of amides is 2. The van der Waals surface area contributed by atoms with Gasteiger partial charge in [0.15, 0.2) is 0 Å². The molecule has 1 aliphatic heterocycles. The summed E-state index contributed by atoms with van der Waals surface area (Å²) < 4.78 is 41.5. The molecule has 0 saturated carbocycles. The van der Waals surface area contributed by atoms with Gasteiger partial charge in [-0.2, -0.15) is 13.2 Å². The molecule has 0 aliphatic carbocycles. The Hall–Kier alpha value is -1.27. The standard InChI is InChI=1S/C11H16F3NO3/c1-10(2,3)18-9(17)15-6-7(4-8(15)16)5-11(12,13)14/h7H,4-6H2,1-3H3/t7-/m0/s1. The van der Waals surface area contributed by atoms with Gasteiger partial charge in [-0.25, -0.2) is 9.69 Å². The van der Waals surface area contributed by atoms with Crippen LogP contribution in [-0.4, -0.2) is 35.2 Å². The minimum Gasteiger partial charge on any atom is -0.443 e. The molecular formula is C11H16F3NO3. The second-order valence-electron chi connectivity index (χ2n) is 5.37.